The van der Waals surface area contributed by atoms with Gasteiger partial charge >= 0.3 is 5.22 Å². The molecule has 2 heterocycles. The molecular formula is C12H14N4O4S. The van der Waals surface area contributed by atoms with Crippen molar-refractivity contribution < 1.29 is 17.6 Å². The van der Waals surface area contributed by atoms with E-state index in [4.69, 9.17) is 4.42 Å². The Morgan fingerprint density at radius 2 is 2.19 bits per heavy atom. The molecule has 0 radical (unpaired) electrons. The first-order valence-electron chi connectivity index (χ1n) is 6.17. The number of pyridine rings is 1. The molecule has 1 N–H and O–H groups in total. The summed E-state index contributed by atoms with van der Waals surface area (Å²) in [5.74, 6) is 0.0107. The van der Waals surface area contributed by atoms with Crippen LogP contribution in [-0.4, -0.2) is 42.3 Å². The molecule has 0 spiro atoms. The van der Waals surface area contributed by atoms with E-state index in [9.17, 15) is 13.2 Å². The SMILES string of the molecule is CS(=O)(=O)c1nnc(CCCNC(=O)c2cccnc2)o1. The van der Waals surface area contributed by atoms with Crippen molar-refractivity contribution in [2.24, 2.45) is 0 Å². The maximum Gasteiger partial charge on any atom is 0.335 e. The van der Waals surface area contributed by atoms with Gasteiger partial charge in [-0.3, -0.25) is 9.78 Å². The summed E-state index contributed by atoms with van der Waals surface area (Å²) in [4.78, 5) is 15.6. The van der Waals surface area contributed by atoms with Crippen molar-refractivity contribution in [3.63, 3.8) is 0 Å². The number of hydrogen-bond donors (Lipinski definition) is 1. The van der Waals surface area contributed by atoms with Crippen molar-refractivity contribution in [3.8, 4) is 0 Å². The molecule has 2 aromatic rings. The highest BCUT2D eigenvalue weighted by Crippen LogP contribution is 2.08. The molecule has 1 amide bonds. The fraction of sp³-hybridized carbons (Fsp3) is 0.333. The number of amides is 1. The van der Waals surface area contributed by atoms with Crippen LogP contribution in [-0.2, 0) is 16.3 Å². The molecule has 2 aromatic heterocycles. The van der Waals surface area contributed by atoms with Gasteiger partial charge in [0.15, 0.2) is 0 Å². The average Bonchev–Trinajstić information content (AvgIpc) is 2.93. The van der Waals surface area contributed by atoms with Crippen LogP contribution in [0.5, 0.6) is 0 Å². The second-order valence-electron chi connectivity index (χ2n) is 4.34. The Bertz CT molecular complexity index is 712. The minimum absolute atomic E-state index is 0.217. The van der Waals surface area contributed by atoms with E-state index in [-0.39, 0.29) is 11.8 Å². The van der Waals surface area contributed by atoms with Gasteiger partial charge in [0, 0.05) is 31.6 Å². The molecule has 0 atom stereocenters. The number of aromatic nitrogens is 3. The second-order valence-corrected chi connectivity index (χ2v) is 6.23. The molecule has 112 valence electrons. The first-order chi connectivity index (χ1) is 9.97. The lowest BCUT2D eigenvalue weighted by molar-refractivity contribution is 0.0952. The van der Waals surface area contributed by atoms with Crippen LogP contribution in [0, 0.1) is 0 Å². The van der Waals surface area contributed by atoms with E-state index in [1.165, 1.54) is 6.20 Å². The number of hydrogen-bond acceptors (Lipinski definition) is 7. The van der Waals surface area contributed by atoms with Crippen molar-refractivity contribution in [2.45, 2.75) is 18.1 Å². The lowest BCUT2D eigenvalue weighted by atomic mass is 10.2. The average molecular weight is 310 g/mol. The first kappa shape index (κ1) is 15.1. The first-order valence-corrected chi connectivity index (χ1v) is 8.06. The molecule has 9 heteroatoms. The molecule has 0 saturated heterocycles. The predicted octanol–water partition coefficient (Wildman–Crippen LogP) is 0.231. The molecule has 0 aliphatic heterocycles. The third-order valence-corrected chi connectivity index (χ3v) is 3.34. The van der Waals surface area contributed by atoms with Gasteiger partial charge in [-0.2, -0.15) is 0 Å². The van der Waals surface area contributed by atoms with E-state index >= 15 is 0 Å². The summed E-state index contributed by atoms with van der Waals surface area (Å²) in [6.07, 6.45) is 5.00. The van der Waals surface area contributed by atoms with Gasteiger partial charge in [0.25, 0.3) is 5.91 Å². The highest BCUT2D eigenvalue weighted by molar-refractivity contribution is 7.90. The van der Waals surface area contributed by atoms with Gasteiger partial charge in [-0.25, -0.2) is 8.42 Å². The monoisotopic (exact) mass is 310 g/mol. The van der Waals surface area contributed by atoms with E-state index in [0.717, 1.165) is 6.26 Å². The number of carbonyl (C=O) groups excluding carboxylic acids is 1. The van der Waals surface area contributed by atoms with Gasteiger partial charge in [-0.05, 0) is 18.6 Å². The van der Waals surface area contributed by atoms with E-state index in [0.29, 0.717) is 24.9 Å². The van der Waals surface area contributed by atoms with Crippen LogP contribution in [0.25, 0.3) is 0 Å². The van der Waals surface area contributed by atoms with Crippen molar-refractivity contribution >= 4 is 15.7 Å². The highest BCUT2D eigenvalue weighted by Gasteiger charge is 2.16. The maximum atomic E-state index is 11.7. The number of nitrogens with zero attached hydrogens (tertiary/aromatic N) is 3. The van der Waals surface area contributed by atoms with Crippen LogP contribution < -0.4 is 5.32 Å². The molecule has 0 fully saturated rings. The number of aryl methyl sites for hydroxylation is 1. The van der Waals surface area contributed by atoms with E-state index in [1.54, 1.807) is 18.3 Å². The van der Waals surface area contributed by atoms with Crippen molar-refractivity contribution in [2.75, 3.05) is 12.8 Å². The molecule has 0 aromatic carbocycles. The van der Waals surface area contributed by atoms with Crippen LogP contribution in [0.4, 0.5) is 0 Å². The van der Waals surface area contributed by atoms with Gasteiger partial charge in [0.05, 0.1) is 5.56 Å². The van der Waals surface area contributed by atoms with Gasteiger partial charge < -0.3 is 9.73 Å². The molecular weight excluding hydrogens is 296 g/mol. The molecule has 21 heavy (non-hydrogen) atoms. The second kappa shape index (κ2) is 6.44. The Hall–Kier alpha value is -2.29. The van der Waals surface area contributed by atoms with Crippen LogP contribution in [0.15, 0.2) is 34.2 Å². The van der Waals surface area contributed by atoms with Crippen LogP contribution in [0.1, 0.15) is 22.7 Å². The lowest BCUT2D eigenvalue weighted by Gasteiger charge is -2.03. The van der Waals surface area contributed by atoms with Gasteiger partial charge in [-0.15, -0.1) is 5.10 Å². The van der Waals surface area contributed by atoms with E-state index in [2.05, 4.69) is 20.5 Å². The topological polar surface area (TPSA) is 115 Å². The zero-order valence-electron chi connectivity index (χ0n) is 11.3. The quantitative estimate of drug-likeness (QED) is 0.759. The van der Waals surface area contributed by atoms with Gasteiger partial charge in [0.2, 0.25) is 15.7 Å². The molecule has 0 aliphatic carbocycles. The molecule has 0 saturated carbocycles. The zero-order chi connectivity index (χ0) is 15.3. The number of rotatable bonds is 6. The smallest absolute Gasteiger partial charge is 0.335 e. The fourth-order valence-electron chi connectivity index (χ4n) is 1.53. The molecule has 0 unspecified atom stereocenters. The van der Waals surface area contributed by atoms with Gasteiger partial charge in [-0.1, -0.05) is 5.10 Å². The standard InChI is InChI=1S/C12H14N4O4S/c1-21(18,19)12-16-15-10(20-12)5-3-7-14-11(17)9-4-2-6-13-8-9/h2,4,6,8H,3,5,7H2,1H3,(H,14,17). The minimum Gasteiger partial charge on any atom is -0.413 e. The molecule has 0 aliphatic rings. The van der Waals surface area contributed by atoms with Crippen LogP contribution in [0.3, 0.4) is 0 Å². The molecule has 2 rings (SSSR count). The lowest BCUT2D eigenvalue weighted by Crippen LogP contribution is -2.24. The normalized spacial score (nSPS) is 11.3. The Balaban J connectivity index is 1.78. The Labute approximate surface area is 121 Å². The summed E-state index contributed by atoms with van der Waals surface area (Å²) in [6, 6.07) is 3.35. The highest BCUT2D eigenvalue weighted by atomic mass is 32.2. The predicted molar refractivity (Wildman–Crippen MR) is 72.3 cm³/mol. The van der Waals surface area contributed by atoms with Crippen molar-refractivity contribution in [1.82, 2.24) is 20.5 Å². The summed E-state index contributed by atoms with van der Waals surface area (Å²) in [5, 5.41) is 9.42. The Morgan fingerprint density at radius 1 is 1.38 bits per heavy atom. The number of carbonyl (C=O) groups is 1. The third-order valence-electron chi connectivity index (χ3n) is 2.54. The van der Waals surface area contributed by atoms with Crippen molar-refractivity contribution in [1.29, 1.82) is 0 Å². The van der Waals surface area contributed by atoms with Crippen LogP contribution >= 0.6 is 0 Å². The summed E-state index contributed by atoms with van der Waals surface area (Å²) >= 11 is 0. The van der Waals surface area contributed by atoms with E-state index < -0.39 is 15.1 Å². The summed E-state index contributed by atoms with van der Waals surface area (Å²) in [7, 11) is -3.48. The fourth-order valence-corrected chi connectivity index (χ4v) is 1.97. The Kier molecular flexibility index (Phi) is 4.63. The summed E-state index contributed by atoms with van der Waals surface area (Å²) < 4.78 is 27.3. The number of nitrogens with one attached hydrogen (secondary N) is 1. The van der Waals surface area contributed by atoms with Gasteiger partial charge in [0.1, 0.15) is 0 Å². The van der Waals surface area contributed by atoms with Crippen molar-refractivity contribution in [3.05, 3.63) is 36.0 Å². The number of sulfone groups is 1. The minimum atomic E-state index is -3.48. The third kappa shape index (κ3) is 4.35. The largest absolute Gasteiger partial charge is 0.413 e. The molecule has 8 nitrogen and oxygen atoms in total. The summed E-state index contributed by atoms with van der Waals surface area (Å²) in [6.45, 7) is 0.407. The maximum absolute atomic E-state index is 11.7. The molecule has 0 bridgehead atoms. The van der Waals surface area contributed by atoms with E-state index in [1.807, 2.05) is 0 Å². The van der Waals surface area contributed by atoms with Crippen LogP contribution in [0.2, 0.25) is 0 Å². The Morgan fingerprint density at radius 3 is 2.81 bits per heavy atom. The summed E-state index contributed by atoms with van der Waals surface area (Å²) in [5.41, 5.74) is 0.481. The zero-order valence-corrected chi connectivity index (χ0v) is 12.1.